The van der Waals surface area contributed by atoms with Gasteiger partial charge < -0.3 is 19.6 Å². The second-order valence-corrected chi connectivity index (χ2v) is 15.5. The van der Waals surface area contributed by atoms with Gasteiger partial charge in [0.1, 0.15) is 5.70 Å². The van der Waals surface area contributed by atoms with Crippen LogP contribution in [0, 0.1) is 0 Å². The molecule has 0 amide bonds. The number of thioether (sulfide) groups is 1. The van der Waals surface area contributed by atoms with Gasteiger partial charge in [-0.1, -0.05) is 103 Å². The van der Waals surface area contributed by atoms with E-state index in [0.717, 1.165) is 42.2 Å². The fraction of sp³-hybridized carbons (Fsp3) is 0.273. The number of hydrogen-bond donors (Lipinski definition) is 0. The molecule has 0 radical (unpaired) electrons. The Bertz CT molecular complexity index is 2170. The summed E-state index contributed by atoms with van der Waals surface area (Å²) in [6.07, 6.45) is 0.362. The minimum absolute atomic E-state index is 0.0528. The van der Waals surface area contributed by atoms with Crippen LogP contribution in [0.15, 0.2) is 130 Å². The molecule has 268 valence electrons. The molecule has 0 aromatic heterocycles. The smallest absolute Gasteiger partial charge is 0.211 e. The Hall–Kier alpha value is -5.09. The van der Waals surface area contributed by atoms with Crippen molar-refractivity contribution in [2.24, 2.45) is 0 Å². The lowest BCUT2D eigenvalue weighted by atomic mass is 9.83. The van der Waals surface area contributed by atoms with Crippen molar-refractivity contribution in [3.63, 3.8) is 0 Å². The van der Waals surface area contributed by atoms with Gasteiger partial charge >= 0.3 is 0 Å². The lowest BCUT2D eigenvalue weighted by molar-refractivity contribution is 0.0914. The minimum Gasteiger partial charge on any atom is -0.365 e. The van der Waals surface area contributed by atoms with E-state index in [-0.39, 0.29) is 29.1 Å². The Morgan fingerprint density at radius 1 is 0.528 bits per heavy atom. The third-order valence-electron chi connectivity index (χ3n) is 10.9. The van der Waals surface area contributed by atoms with Crippen molar-refractivity contribution in [3.05, 3.63) is 158 Å². The van der Waals surface area contributed by atoms with Crippen LogP contribution < -0.4 is 0 Å². The van der Waals surface area contributed by atoms with Crippen molar-refractivity contribution in [2.75, 3.05) is 66.5 Å². The molecule has 4 aliphatic rings. The molecule has 0 spiro atoms. The van der Waals surface area contributed by atoms with Gasteiger partial charge in [-0.15, -0.1) is 0 Å². The van der Waals surface area contributed by atoms with E-state index in [1.54, 1.807) is 24.3 Å². The summed E-state index contributed by atoms with van der Waals surface area (Å²) in [4.78, 5) is 66.4. The molecule has 53 heavy (non-hydrogen) atoms. The molecule has 2 heterocycles. The number of hydrogen-bond acceptors (Lipinski definition) is 9. The van der Waals surface area contributed by atoms with E-state index < -0.39 is 0 Å². The van der Waals surface area contributed by atoms with Crippen LogP contribution in [-0.2, 0) is 6.42 Å². The Kier molecular flexibility index (Phi) is 9.72. The van der Waals surface area contributed by atoms with Gasteiger partial charge in [-0.3, -0.25) is 19.2 Å². The number of piperazine rings is 1. The minimum atomic E-state index is -0.119. The number of nitrogens with zero attached hydrogens (tertiary/aromatic N) is 4. The van der Waals surface area contributed by atoms with Crippen LogP contribution in [-0.4, -0.2) is 109 Å². The number of Topliss-reactive ketones (excluding diaryl/α,β-unsaturated/α-hetero) is 4. The summed E-state index contributed by atoms with van der Waals surface area (Å²) in [5.74, 6) is -0.335. The van der Waals surface area contributed by atoms with Gasteiger partial charge in [0.2, 0.25) is 17.3 Å². The molecule has 2 aliphatic carbocycles. The predicted molar refractivity (Wildman–Crippen MR) is 208 cm³/mol. The summed E-state index contributed by atoms with van der Waals surface area (Å²) in [6.45, 7) is 5.76. The van der Waals surface area contributed by atoms with E-state index in [9.17, 15) is 19.2 Å². The average Bonchev–Trinajstić information content (AvgIpc) is 3.38. The average molecular weight is 723 g/mol. The maximum absolute atomic E-state index is 14.3. The number of carbonyl (C=O) groups excluding carboxylic acids is 4. The van der Waals surface area contributed by atoms with E-state index in [2.05, 4.69) is 58.0 Å². The van der Waals surface area contributed by atoms with E-state index in [0.29, 0.717) is 76.7 Å². The van der Waals surface area contributed by atoms with Gasteiger partial charge in [0.15, 0.2) is 5.78 Å². The van der Waals surface area contributed by atoms with Crippen molar-refractivity contribution in [3.8, 4) is 0 Å². The third-order valence-corrected chi connectivity index (χ3v) is 12.0. The number of carbonyl (C=O) groups is 4. The molecule has 2 aliphatic heterocycles. The second-order valence-electron chi connectivity index (χ2n) is 14.4. The van der Waals surface area contributed by atoms with Crippen molar-refractivity contribution in [2.45, 2.75) is 17.2 Å². The van der Waals surface area contributed by atoms with E-state index in [1.807, 2.05) is 54.6 Å². The Morgan fingerprint density at radius 2 is 1.06 bits per heavy atom. The number of likely N-dealkylation sites (N-methyl/N-ethyl adjacent to an activating group) is 2. The molecule has 9 heteroatoms. The molecule has 8 rings (SSSR count). The number of ketones is 4. The number of benzene rings is 4. The quantitative estimate of drug-likeness (QED) is 0.221. The maximum atomic E-state index is 14.3. The summed E-state index contributed by atoms with van der Waals surface area (Å²) in [5.41, 5.74) is 5.51. The Morgan fingerprint density at radius 3 is 1.70 bits per heavy atom. The largest absolute Gasteiger partial charge is 0.365 e. The topological polar surface area (TPSA) is 81.2 Å². The van der Waals surface area contributed by atoms with Crippen LogP contribution >= 0.6 is 11.8 Å². The summed E-state index contributed by atoms with van der Waals surface area (Å²) in [5, 5.41) is 0. The van der Waals surface area contributed by atoms with Crippen molar-refractivity contribution in [1.82, 2.24) is 19.6 Å². The summed E-state index contributed by atoms with van der Waals surface area (Å²) < 4.78 is 0. The van der Waals surface area contributed by atoms with Gasteiger partial charge in [0, 0.05) is 97.4 Å². The molecule has 0 N–H and O–H groups in total. The fourth-order valence-electron chi connectivity index (χ4n) is 7.97. The SMILES string of the molecule is CN1CCN(C2=C(Cc3ccc(C4CN(C)CCN(C5=C(Sc6ccccc6)C(=O)c6ccccc6C5=O)C4)cc3)C(=O)c3ccccc3C2=O)CC1. The number of fused-ring (bicyclic) bond motifs is 2. The van der Waals surface area contributed by atoms with E-state index >= 15 is 0 Å². The summed E-state index contributed by atoms with van der Waals surface area (Å²) in [6, 6.07) is 32.4. The van der Waals surface area contributed by atoms with Crippen LogP contribution in [0.4, 0.5) is 0 Å². The highest BCUT2D eigenvalue weighted by atomic mass is 32.2. The molecular formula is C44H42N4O4S. The second kappa shape index (κ2) is 14.7. The fourth-order valence-corrected chi connectivity index (χ4v) is 9.02. The Labute approximate surface area is 314 Å². The van der Waals surface area contributed by atoms with Crippen LogP contribution in [0.25, 0.3) is 0 Å². The molecule has 0 bridgehead atoms. The first-order valence-electron chi connectivity index (χ1n) is 18.3. The molecule has 4 aromatic carbocycles. The molecule has 1 atom stereocenters. The Balaban J connectivity index is 1.10. The van der Waals surface area contributed by atoms with Crippen LogP contribution in [0.3, 0.4) is 0 Å². The summed E-state index contributed by atoms with van der Waals surface area (Å²) in [7, 11) is 4.17. The predicted octanol–water partition coefficient (Wildman–Crippen LogP) is 6.22. The van der Waals surface area contributed by atoms with Crippen molar-refractivity contribution in [1.29, 1.82) is 0 Å². The monoisotopic (exact) mass is 722 g/mol. The number of allylic oxidation sites excluding steroid dienone is 4. The van der Waals surface area contributed by atoms with Crippen molar-refractivity contribution < 1.29 is 19.2 Å². The lowest BCUT2D eigenvalue weighted by Crippen LogP contribution is -2.47. The van der Waals surface area contributed by atoms with Gasteiger partial charge in [0.25, 0.3) is 0 Å². The van der Waals surface area contributed by atoms with Crippen LogP contribution in [0.2, 0.25) is 0 Å². The van der Waals surface area contributed by atoms with E-state index in [1.165, 1.54) is 11.8 Å². The van der Waals surface area contributed by atoms with Gasteiger partial charge in [-0.25, -0.2) is 0 Å². The third kappa shape index (κ3) is 6.81. The summed E-state index contributed by atoms with van der Waals surface area (Å²) >= 11 is 1.36. The first kappa shape index (κ1) is 35.0. The highest BCUT2D eigenvalue weighted by Crippen LogP contribution is 2.39. The zero-order valence-corrected chi connectivity index (χ0v) is 30.9. The standard InChI is InChI=1S/C44H42N4O4S/c1-45-20-23-47(24-21-45)38-37(40(49)33-12-6-7-13-34(33)41(38)50)26-29-16-18-30(19-17-29)31-27-46(2)22-25-48(28-31)39-42(51)35-14-8-9-15-36(35)43(52)44(39)53-32-10-4-3-5-11-32/h3-19,31H,20-28H2,1-2H3. The zero-order valence-electron chi connectivity index (χ0n) is 30.1. The molecule has 8 nitrogen and oxygen atoms in total. The first-order valence-corrected chi connectivity index (χ1v) is 19.1. The lowest BCUT2D eigenvalue weighted by Gasteiger charge is -2.37. The maximum Gasteiger partial charge on any atom is 0.211 e. The van der Waals surface area contributed by atoms with Gasteiger partial charge in [0.05, 0.1) is 10.6 Å². The first-order chi connectivity index (χ1) is 25.8. The number of rotatable bonds is 7. The molecular weight excluding hydrogens is 681 g/mol. The molecule has 0 saturated carbocycles. The van der Waals surface area contributed by atoms with Gasteiger partial charge in [-0.05, 0) is 37.4 Å². The normalized spacial score (nSPS) is 20.2. The zero-order chi connectivity index (χ0) is 36.6. The van der Waals surface area contributed by atoms with E-state index in [4.69, 9.17) is 0 Å². The van der Waals surface area contributed by atoms with Crippen LogP contribution in [0.1, 0.15) is 58.5 Å². The molecule has 2 fully saturated rings. The van der Waals surface area contributed by atoms with Gasteiger partial charge in [-0.2, -0.15) is 0 Å². The molecule has 4 aromatic rings. The van der Waals surface area contributed by atoms with Crippen LogP contribution in [0.5, 0.6) is 0 Å². The van der Waals surface area contributed by atoms with Crippen molar-refractivity contribution >= 4 is 34.9 Å². The molecule has 1 unspecified atom stereocenters. The highest BCUT2D eigenvalue weighted by molar-refractivity contribution is 8.04. The highest BCUT2D eigenvalue weighted by Gasteiger charge is 2.38. The molecule has 2 saturated heterocycles.